The summed E-state index contributed by atoms with van der Waals surface area (Å²) in [5.74, 6) is -0.386. The van der Waals surface area contributed by atoms with Crippen LogP contribution in [-0.4, -0.2) is 26.6 Å². The van der Waals surface area contributed by atoms with Gasteiger partial charge in [-0.15, -0.1) is 0 Å². The molecule has 0 heterocycles. The normalized spacial score (nSPS) is 11.8. The van der Waals surface area contributed by atoms with E-state index in [-0.39, 0.29) is 4.90 Å². The standard InChI is InChI=1S/C17H19NO5S/c1-17(2,16(19)20)12-4-6-13(7-5-12)18-24(21,22)15-10-8-14(23-3)9-11-15/h4-11,18H,1-3H3,(H,19,20). The maximum absolute atomic E-state index is 12.3. The van der Waals surface area contributed by atoms with Crippen LogP contribution in [0.2, 0.25) is 0 Å². The van der Waals surface area contributed by atoms with Gasteiger partial charge in [0, 0.05) is 5.69 Å². The monoisotopic (exact) mass is 349 g/mol. The number of rotatable bonds is 6. The van der Waals surface area contributed by atoms with Crippen LogP contribution in [0.25, 0.3) is 0 Å². The van der Waals surface area contributed by atoms with Gasteiger partial charge in [-0.2, -0.15) is 0 Å². The molecule has 24 heavy (non-hydrogen) atoms. The minimum absolute atomic E-state index is 0.109. The summed E-state index contributed by atoms with van der Waals surface area (Å²) in [6, 6.07) is 12.3. The Kier molecular flexibility index (Phi) is 4.84. The van der Waals surface area contributed by atoms with Gasteiger partial charge in [-0.05, 0) is 55.8 Å². The van der Waals surface area contributed by atoms with Crippen molar-refractivity contribution in [1.82, 2.24) is 0 Å². The first kappa shape index (κ1) is 17.8. The van der Waals surface area contributed by atoms with Gasteiger partial charge in [-0.3, -0.25) is 9.52 Å². The molecule has 0 atom stereocenters. The third-order valence-corrected chi connectivity index (χ3v) is 5.16. The van der Waals surface area contributed by atoms with Crippen molar-refractivity contribution in [1.29, 1.82) is 0 Å². The first-order valence-electron chi connectivity index (χ1n) is 7.17. The molecule has 128 valence electrons. The number of aliphatic carboxylic acids is 1. The average Bonchev–Trinajstić information content (AvgIpc) is 2.55. The highest BCUT2D eigenvalue weighted by molar-refractivity contribution is 7.92. The number of hydrogen-bond acceptors (Lipinski definition) is 4. The van der Waals surface area contributed by atoms with Crippen molar-refractivity contribution in [2.75, 3.05) is 11.8 Å². The van der Waals surface area contributed by atoms with Crippen LogP contribution < -0.4 is 9.46 Å². The van der Waals surface area contributed by atoms with Gasteiger partial charge < -0.3 is 9.84 Å². The van der Waals surface area contributed by atoms with Gasteiger partial charge in [0.15, 0.2) is 0 Å². The van der Waals surface area contributed by atoms with Gasteiger partial charge in [-0.1, -0.05) is 12.1 Å². The lowest BCUT2D eigenvalue weighted by atomic mass is 9.85. The largest absolute Gasteiger partial charge is 0.497 e. The second-order valence-electron chi connectivity index (χ2n) is 5.79. The molecule has 2 rings (SSSR count). The van der Waals surface area contributed by atoms with E-state index in [1.165, 1.54) is 19.2 Å². The van der Waals surface area contributed by atoms with Crippen LogP contribution in [0.3, 0.4) is 0 Å². The number of benzene rings is 2. The highest BCUT2D eigenvalue weighted by atomic mass is 32.2. The van der Waals surface area contributed by atoms with Crippen molar-refractivity contribution in [3.63, 3.8) is 0 Å². The first-order chi connectivity index (χ1) is 11.2. The molecule has 0 aliphatic carbocycles. The molecular weight excluding hydrogens is 330 g/mol. The van der Waals surface area contributed by atoms with E-state index in [1.54, 1.807) is 50.2 Å². The van der Waals surface area contributed by atoms with Crippen LogP contribution in [0.5, 0.6) is 5.75 Å². The minimum atomic E-state index is -3.72. The molecule has 0 aliphatic rings. The summed E-state index contributed by atoms with van der Waals surface area (Å²) in [4.78, 5) is 11.4. The van der Waals surface area contributed by atoms with Crippen LogP contribution in [0.1, 0.15) is 19.4 Å². The van der Waals surface area contributed by atoms with Gasteiger partial charge in [0.1, 0.15) is 5.75 Å². The minimum Gasteiger partial charge on any atom is -0.497 e. The highest BCUT2D eigenvalue weighted by Gasteiger charge is 2.29. The van der Waals surface area contributed by atoms with Gasteiger partial charge in [0.25, 0.3) is 10.0 Å². The lowest BCUT2D eigenvalue weighted by Crippen LogP contribution is -2.28. The van der Waals surface area contributed by atoms with E-state index in [9.17, 15) is 18.3 Å². The van der Waals surface area contributed by atoms with Crippen LogP contribution in [0.4, 0.5) is 5.69 Å². The van der Waals surface area contributed by atoms with Crippen molar-refractivity contribution >= 4 is 21.7 Å². The quantitative estimate of drug-likeness (QED) is 0.836. The summed E-state index contributed by atoms with van der Waals surface area (Å²) < 4.78 is 32.2. The third-order valence-electron chi connectivity index (χ3n) is 3.76. The number of carboxylic acid groups (broad SMARTS) is 1. The van der Waals surface area contributed by atoms with Crippen LogP contribution in [0, 0.1) is 0 Å². The molecule has 0 saturated heterocycles. The van der Waals surface area contributed by atoms with E-state index in [2.05, 4.69) is 4.72 Å². The first-order valence-corrected chi connectivity index (χ1v) is 8.66. The zero-order valence-electron chi connectivity index (χ0n) is 13.6. The molecule has 2 aromatic rings. The Morgan fingerprint density at radius 1 is 1.04 bits per heavy atom. The van der Waals surface area contributed by atoms with Gasteiger partial charge >= 0.3 is 5.97 Å². The Morgan fingerprint density at radius 3 is 2.04 bits per heavy atom. The molecule has 7 heteroatoms. The summed E-state index contributed by atoms with van der Waals surface area (Å²) in [5.41, 5.74) is -0.105. The van der Waals surface area contributed by atoms with E-state index >= 15 is 0 Å². The fourth-order valence-electron chi connectivity index (χ4n) is 2.05. The zero-order valence-corrected chi connectivity index (χ0v) is 14.4. The lowest BCUT2D eigenvalue weighted by Gasteiger charge is -2.20. The Hall–Kier alpha value is -2.54. The predicted octanol–water partition coefficient (Wildman–Crippen LogP) is 2.86. The number of carbonyl (C=O) groups is 1. The Balaban J connectivity index is 2.22. The molecule has 0 saturated carbocycles. The van der Waals surface area contributed by atoms with Gasteiger partial charge in [-0.25, -0.2) is 8.42 Å². The highest BCUT2D eigenvalue weighted by Crippen LogP contribution is 2.26. The van der Waals surface area contributed by atoms with E-state index in [0.717, 1.165) is 0 Å². The lowest BCUT2D eigenvalue weighted by molar-refractivity contribution is -0.142. The summed E-state index contributed by atoms with van der Waals surface area (Å²) in [7, 11) is -2.22. The summed E-state index contributed by atoms with van der Waals surface area (Å²) in [6.07, 6.45) is 0. The topological polar surface area (TPSA) is 92.7 Å². The van der Waals surface area contributed by atoms with E-state index in [4.69, 9.17) is 4.74 Å². The molecule has 2 aromatic carbocycles. The maximum Gasteiger partial charge on any atom is 0.313 e. The Bertz CT molecular complexity index is 824. The molecule has 0 aromatic heterocycles. The smallest absolute Gasteiger partial charge is 0.313 e. The zero-order chi connectivity index (χ0) is 18.0. The van der Waals surface area contributed by atoms with Crippen LogP contribution >= 0.6 is 0 Å². The van der Waals surface area contributed by atoms with Gasteiger partial charge in [0.2, 0.25) is 0 Å². The van der Waals surface area contributed by atoms with Crippen molar-refractivity contribution < 1.29 is 23.1 Å². The molecule has 0 radical (unpaired) electrons. The van der Waals surface area contributed by atoms with Crippen molar-refractivity contribution in [3.05, 3.63) is 54.1 Å². The number of carboxylic acids is 1. The summed E-state index contributed by atoms with van der Waals surface area (Å²) in [6.45, 7) is 3.18. The van der Waals surface area contributed by atoms with Crippen molar-refractivity contribution in [3.8, 4) is 5.75 Å². The molecule has 0 spiro atoms. The van der Waals surface area contributed by atoms with E-state index < -0.39 is 21.4 Å². The number of hydrogen-bond donors (Lipinski definition) is 2. The third kappa shape index (κ3) is 3.68. The molecule has 0 amide bonds. The second kappa shape index (κ2) is 6.52. The Labute approximate surface area is 141 Å². The number of ether oxygens (including phenoxy) is 1. The second-order valence-corrected chi connectivity index (χ2v) is 7.47. The SMILES string of the molecule is COc1ccc(S(=O)(=O)Nc2ccc(C(C)(C)C(=O)O)cc2)cc1. The average molecular weight is 349 g/mol. The van der Waals surface area contributed by atoms with Crippen molar-refractivity contribution in [2.24, 2.45) is 0 Å². The number of nitrogens with one attached hydrogen (secondary N) is 1. The van der Waals surface area contributed by atoms with Crippen LogP contribution in [0.15, 0.2) is 53.4 Å². The molecule has 2 N–H and O–H groups in total. The van der Waals surface area contributed by atoms with Crippen LogP contribution in [-0.2, 0) is 20.2 Å². The fourth-order valence-corrected chi connectivity index (χ4v) is 3.11. The van der Waals surface area contributed by atoms with E-state index in [0.29, 0.717) is 17.0 Å². The molecule has 6 nitrogen and oxygen atoms in total. The molecule has 0 unspecified atom stereocenters. The molecule has 0 aliphatic heterocycles. The predicted molar refractivity (Wildman–Crippen MR) is 90.9 cm³/mol. The number of anilines is 1. The Morgan fingerprint density at radius 2 is 1.58 bits per heavy atom. The van der Waals surface area contributed by atoms with Crippen molar-refractivity contribution in [2.45, 2.75) is 24.2 Å². The molecular formula is C17H19NO5S. The van der Waals surface area contributed by atoms with E-state index in [1.807, 2.05) is 0 Å². The molecule has 0 fully saturated rings. The summed E-state index contributed by atoms with van der Waals surface area (Å²) in [5, 5.41) is 9.22. The maximum atomic E-state index is 12.3. The summed E-state index contributed by atoms with van der Waals surface area (Å²) >= 11 is 0. The number of sulfonamides is 1. The fraction of sp³-hybridized carbons (Fsp3) is 0.235. The van der Waals surface area contributed by atoms with Gasteiger partial charge in [0.05, 0.1) is 17.4 Å². The number of methoxy groups -OCH3 is 1. The molecule has 0 bridgehead atoms.